The quantitative estimate of drug-likeness (QED) is 0.161. The number of carbonyl (C=O) groups is 1. The first-order valence-electron chi connectivity index (χ1n) is 9.36. The molecule has 0 aliphatic heterocycles. The number of hydrogen-bond donors (Lipinski definition) is 2. The molecular weight excluding hydrogens is 618 g/mol. The number of nitrogens with zero attached hydrogens (tertiary/aromatic N) is 1. The molecule has 0 fully saturated rings. The van der Waals surface area contributed by atoms with Crippen LogP contribution in [-0.2, 0) is 10.4 Å². The molecule has 0 bridgehead atoms. The van der Waals surface area contributed by atoms with E-state index < -0.39 is 11.5 Å². The first kappa shape index (κ1) is 23.4. The van der Waals surface area contributed by atoms with E-state index in [4.69, 9.17) is 4.74 Å². The lowest BCUT2D eigenvalue weighted by atomic mass is 9.85. The minimum atomic E-state index is -1.87. The molecule has 0 saturated carbocycles. The Morgan fingerprint density at radius 1 is 1.03 bits per heavy atom. The number of carbonyl (C=O) groups excluding carboxylic acids is 1. The molecular formula is C24H20I2N2O3. The maximum Gasteiger partial charge on any atom is 0.281 e. The van der Waals surface area contributed by atoms with Crippen molar-refractivity contribution in [2.75, 3.05) is 6.61 Å². The molecule has 7 heteroatoms. The first-order valence-corrected chi connectivity index (χ1v) is 11.5. The van der Waals surface area contributed by atoms with Crippen molar-refractivity contribution < 1.29 is 14.6 Å². The number of aliphatic hydroxyl groups is 1. The average molecular weight is 638 g/mol. The standard InChI is InChI=1S/C24H20I2N2O3/c1-2-13-31-22-20(25)14-17(15-21(22)26)16-27-28-23(29)24(30,18-9-5-3-6-10-18)19-11-7-4-8-12-19/h2-12,14-16,30H,1,13H2,(H,28,29). The van der Waals surface area contributed by atoms with Crippen molar-refractivity contribution in [2.24, 2.45) is 5.10 Å². The second-order valence-corrected chi connectivity index (χ2v) is 8.88. The number of ether oxygens (including phenoxy) is 1. The number of nitrogens with one attached hydrogen (secondary N) is 1. The molecule has 3 rings (SSSR count). The number of hydrazone groups is 1. The van der Waals surface area contributed by atoms with Gasteiger partial charge in [0.25, 0.3) is 5.91 Å². The van der Waals surface area contributed by atoms with Crippen LogP contribution < -0.4 is 10.2 Å². The second kappa shape index (κ2) is 10.9. The van der Waals surface area contributed by atoms with E-state index in [0.29, 0.717) is 17.7 Å². The van der Waals surface area contributed by atoms with Gasteiger partial charge in [-0.25, -0.2) is 5.43 Å². The Morgan fingerprint density at radius 2 is 1.55 bits per heavy atom. The van der Waals surface area contributed by atoms with Gasteiger partial charge in [0.2, 0.25) is 0 Å². The van der Waals surface area contributed by atoms with E-state index in [1.54, 1.807) is 54.6 Å². The predicted molar refractivity (Wildman–Crippen MR) is 139 cm³/mol. The van der Waals surface area contributed by atoms with E-state index in [-0.39, 0.29) is 0 Å². The zero-order valence-corrected chi connectivity index (χ0v) is 20.8. The molecule has 0 spiro atoms. The fourth-order valence-electron chi connectivity index (χ4n) is 2.97. The Kier molecular flexibility index (Phi) is 8.22. The zero-order valence-electron chi connectivity index (χ0n) is 16.5. The van der Waals surface area contributed by atoms with Crippen LogP contribution in [0, 0.1) is 7.14 Å². The van der Waals surface area contributed by atoms with E-state index in [0.717, 1.165) is 18.5 Å². The molecule has 0 radical (unpaired) electrons. The summed E-state index contributed by atoms with van der Waals surface area (Å²) >= 11 is 4.38. The number of halogens is 2. The van der Waals surface area contributed by atoms with Crippen molar-refractivity contribution >= 4 is 57.3 Å². The van der Waals surface area contributed by atoms with E-state index in [1.807, 2.05) is 24.3 Å². The second-order valence-electron chi connectivity index (χ2n) is 6.55. The van der Waals surface area contributed by atoms with Crippen LogP contribution in [-0.4, -0.2) is 23.8 Å². The summed E-state index contributed by atoms with van der Waals surface area (Å²) in [7, 11) is 0. The molecule has 0 unspecified atom stereocenters. The lowest BCUT2D eigenvalue weighted by molar-refractivity contribution is -0.136. The van der Waals surface area contributed by atoms with Crippen LogP contribution in [0.3, 0.4) is 0 Å². The number of amides is 1. The molecule has 5 nitrogen and oxygen atoms in total. The van der Waals surface area contributed by atoms with Crippen LogP contribution in [0.15, 0.2) is 90.6 Å². The van der Waals surface area contributed by atoms with Gasteiger partial charge in [0.15, 0.2) is 5.60 Å². The topological polar surface area (TPSA) is 70.9 Å². The zero-order chi connectivity index (χ0) is 22.3. The van der Waals surface area contributed by atoms with Crippen LogP contribution in [0.25, 0.3) is 0 Å². The normalized spacial score (nSPS) is 11.3. The van der Waals surface area contributed by atoms with Crippen molar-refractivity contribution in [1.82, 2.24) is 5.43 Å². The molecule has 0 saturated heterocycles. The Bertz CT molecular complexity index is 1020. The van der Waals surface area contributed by atoms with Gasteiger partial charge in [0, 0.05) is 0 Å². The Balaban J connectivity index is 1.84. The lowest BCUT2D eigenvalue weighted by Crippen LogP contribution is -2.43. The first-order chi connectivity index (χ1) is 15.0. The van der Waals surface area contributed by atoms with Crippen molar-refractivity contribution in [3.8, 4) is 5.75 Å². The highest BCUT2D eigenvalue weighted by Gasteiger charge is 2.39. The summed E-state index contributed by atoms with van der Waals surface area (Å²) in [6.45, 7) is 4.09. The van der Waals surface area contributed by atoms with Crippen molar-refractivity contribution in [3.63, 3.8) is 0 Å². The van der Waals surface area contributed by atoms with Gasteiger partial charge in [-0.2, -0.15) is 5.10 Å². The summed E-state index contributed by atoms with van der Waals surface area (Å²) in [5.41, 5.74) is 2.33. The third-order valence-corrected chi connectivity index (χ3v) is 6.06. The molecule has 0 aliphatic carbocycles. The van der Waals surface area contributed by atoms with Crippen LogP contribution >= 0.6 is 45.2 Å². The third-order valence-electron chi connectivity index (χ3n) is 4.46. The maximum atomic E-state index is 13.1. The number of hydrogen-bond acceptors (Lipinski definition) is 4. The minimum absolute atomic E-state index is 0.424. The minimum Gasteiger partial charge on any atom is -0.487 e. The van der Waals surface area contributed by atoms with Gasteiger partial charge in [-0.1, -0.05) is 73.3 Å². The molecule has 3 aromatic rings. The van der Waals surface area contributed by atoms with Crippen LogP contribution in [0.4, 0.5) is 0 Å². The van der Waals surface area contributed by atoms with Gasteiger partial charge in [0.05, 0.1) is 13.4 Å². The molecule has 3 aromatic carbocycles. The number of benzene rings is 3. The smallest absolute Gasteiger partial charge is 0.281 e. The molecule has 31 heavy (non-hydrogen) atoms. The molecule has 0 aromatic heterocycles. The molecule has 0 atom stereocenters. The molecule has 2 N–H and O–H groups in total. The molecule has 0 aliphatic rings. The average Bonchev–Trinajstić information content (AvgIpc) is 2.79. The Hall–Kier alpha value is -2.24. The molecule has 158 valence electrons. The van der Waals surface area contributed by atoms with E-state index in [1.165, 1.54) is 6.21 Å². The lowest BCUT2D eigenvalue weighted by Gasteiger charge is -2.27. The van der Waals surface area contributed by atoms with Gasteiger partial charge < -0.3 is 9.84 Å². The summed E-state index contributed by atoms with van der Waals surface area (Å²) < 4.78 is 7.52. The van der Waals surface area contributed by atoms with E-state index in [2.05, 4.69) is 62.3 Å². The largest absolute Gasteiger partial charge is 0.487 e. The Labute approximate surface area is 208 Å². The summed E-state index contributed by atoms with van der Waals surface area (Å²) in [6, 6.07) is 21.4. The fourth-order valence-corrected chi connectivity index (χ4v) is 5.10. The van der Waals surface area contributed by atoms with Gasteiger partial charge in [-0.3, -0.25) is 4.79 Å². The van der Waals surface area contributed by atoms with E-state index >= 15 is 0 Å². The van der Waals surface area contributed by atoms with Gasteiger partial charge in [-0.15, -0.1) is 0 Å². The third kappa shape index (κ3) is 5.52. The molecule has 1 amide bonds. The van der Waals surface area contributed by atoms with Crippen molar-refractivity contribution in [2.45, 2.75) is 5.60 Å². The van der Waals surface area contributed by atoms with Gasteiger partial charge in [-0.05, 0) is 74.0 Å². The van der Waals surface area contributed by atoms with Crippen LogP contribution in [0.5, 0.6) is 5.75 Å². The maximum absolute atomic E-state index is 13.1. The predicted octanol–water partition coefficient (Wildman–Crippen LogP) is 4.85. The van der Waals surface area contributed by atoms with Crippen molar-refractivity contribution in [3.05, 3.63) is 109 Å². The fraction of sp³-hybridized carbons (Fsp3) is 0.0833. The summed E-state index contributed by atoms with van der Waals surface area (Å²) in [4.78, 5) is 13.1. The summed E-state index contributed by atoms with van der Waals surface area (Å²) in [5.74, 6) is 0.140. The SMILES string of the molecule is C=CCOc1c(I)cc(C=NNC(=O)C(O)(c2ccccc2)c2ccccc2)cc1I. The summed E-state index contributed by atoms with van der Waals surface area (Å²) in [6.07, 6.45) is 3.23. The highest BCUT2D eigenvalue weighted by Crippen LogP contribution is 2.30. The Morgan fingerprint density at radius 3 is 2.03 bits per heavy atom. The number of rotatable bonds is 8. The highest BCUT2D eigenvalue weighted by molar-refractivity contribution is 14.1. The summed E-state index contributed by atoms with van der Waals surface area (Å²) in [5, 5.41) is 15.5. The van der Waals surface area contributed by atoms with E-state index in [9.17, 15) is 9.90 Å². The van der Waals surface area contributed by atoms with Crippen LogP contribution in [0.1, 0.15) is 16.7 Å². The highest BCUT2D eigenvalue weighted by atomic mass is 127. The van der Waals surface area contributed by atoms with Gasteiger partial charge >= 0.3 is 0 Å². The van der Waals surface area contributed by atoms with Gasteiger partial charge in [0.1, 0.15) is 12.4 Å². The molecule has 0 heterocycles. The monoisotopic (exact) mass is 638 g/mol. The van der Waals surface area contributed by atoms with Crippen molar-refractivity contribution in [1.29, 1.82) is 0 Å². The van der Waals surface area contributed by atoms with Crippen LogP contribution in [0.2, 0.25) is 0 Å².